The zero-order valence-corrected chi connectivity index (χ0v) is 12.6. The van der Waals surface area contributed by atoms with Crippen LogP contribution in [0.3, 0.4) is 0 Å². The van der Waals surface area contributed by atoms with Crippen LogP contribution in [0.4, 0.5) is 0 Å². The predicted octanol–water partition coefficient (Wildman–Crippen LogP) is 4.42. The summed E-state index contributed by atoms with van der Waals surface area (Å²) in [5.41, 5.74) is 2.61. The van der Waals surface area contributed by atoms with Crippen LogP contribution in [0.1, 0.15) is 69.0 Å². The Morgan fingerprint density at radius 1 is 1.20 bits per heavy atom. The highest BCUT2D eigenvalue weighted by molar-refractivity contribution is 5.42. The molecule has 1 aromatic rings. The summed E-state index contributed by atoms with van der Waals surface area (Å²) in [6.07, 6.45) is 10.2. The Kier molecular flexibility index (Phi) is 4.30. The van der Waals surface area contributed by atoms with Crippen LogP contribution in [0.2, 0.25) is 0 Å². The fraction of sp³-hybridized carbons (Fsp3) is 0.667. The molecule has 0 saturated carbocycles. The molecule has 1 aromatic carbocycles. The second-order valence-corrected chi connectivity index (χ2v) is 6.43. The normalized spacial score (nSPS) is 27.2. The average Bonchev–Trinajstić information content (AvgIpc) is 2.48. The lowest BCUT2D eigenvalue weighted by Gasteiger charge is -2.43. The smallest absolute Gasteiger partial charge is 0.119 e. The van der Waals surface area contributed by atoms with E-state index in [0.717, 1.165) is 12.5 Å². The molecule has 0 radical (unpaired) electrons. The van der Waals surface area contributed by atoms with Crippen LogP contribution in [-0.2, 0) is 6.42 Å². The molecule has 2 atom stereocenters. The highest BCUT2D eigenvalue weighted by Crippen LogP contribution is 2.41. The molecule has 1 aliphatic carbocycles. The monoisotopic (exact) mass is 273 g/mol. The van der Waals surface area contributed by atoms with E-state index in [1.165, 1.54) is 62.6 Å². The summed E-state index contributed by atoms with van der Waals surface area (Å²) in [6, 6.07) is 7.41. The number of piperidine rings is 1. The van der Waals surface area contributed by atoms with E-state index in [9.17, 15) is 5.11 Å². The van der Waals surface area contributed by atoms with E-state index in [1.807, 2.05) is 12.1 Å². The van der Waals surface area contributed by atoms with Crippen molar-refractivity contribution in [2.75, 3.05) is 6.54 Å². The van der Waals surface area contributed by atoms with Crippen LogP contribution in [0, 0.1) is 0 Å². The number of fused-ring (bicyclic) bond motifs is 1. The van der Waals surface area contributed by atoms with E-state index in [-0.39, 0.29) is 0 Å². The van der Waals surface area contributed by atoms with Gasteiger partial charge in [0.25, 0.3) is 0 Å². The maximum absolute atomic E-state index is 10.1. The van der Waals surface area contributed by atoms with Gasteiger partial charge in [-0.3, -0.25) is 4.90 Å². The zero-order valence-electron chi connectivity index (χ0n) is 12.6. The molecule has 1 fully saturated rings. The van der Waals surface area contributed by atoms with E-state index in [0.29, 0.717) is 11.8 Å². The summed E-state index contributed by atoms with van der Waals surface area (Å²) in [6.45, 7) is 3.54. The lowest BCUT2D eigenvalue weighted by Crippen LogP contribution is -2.43. The topological polar surface area (TPSA) is 23.5 Å². The first-order valence-electron chi connectivity index (χ1n) is 8.37. The lowest BCUT2D eigenvalue weighted by atomic mass is 9.83. The summed E-state index contributed by atoms with van der Waals surface area (Å²) >= 11 is 0. The van der Waals surface area contributed by atoms with E-state index in [1.54, 1.807) is 0 Å². The lowest BCUT2D eigenvalue weighted by molar-refractivity contribution is 0.0778. The summed E-state index contributed by atoms with van der Waals surface area (Å²) in [5, 5.41) is 10.1. The Balaban J connectivity index is 1.89. The van der Waals surface area contributed by atoms with Crippen molar-refractivity contribution < 1.29 is 5.11 Å². The Morgan fingerprint density at radius 2 is 2.10 bits per heavy atom. The molecule has 2 unspecified atom stereocenters. The molecule has 2 aliphatic rings. The Morgan fingerprint density at radius 3 is 2.95 bits per heavy atom. The van der Waals surface area contributed by atoms with Gasteiger partial charge in [-0.05, 0) is 62.3 Å². The number of rotatable bonds is 3. The number of nitrogens with zero attached hydrogens (tertiary/aromatic N) is 1. The molecule has 0 aromatic heterocycles. The molecule has 1 heterocycles. The highest BCUT2D eigenvalue weighted by Gasteiger charge is 2.32. The highest BCUT2D eigenvalue weighted by atomic mass is 16.3. The third kappa shape index (κ3) is 2.58. The first-order chi connectivity index (χ1) is 9.81. The largest absolute Gasteiger partial charge is 0.508 e. The molecular weight excluding hydrogens is 246 g/mol. The Bertz CT molecular complexity index is 455. The van der Waals surface area contributed by atoms with Crippen LogP contribution >= 0.6 is 0 Å². The van der Waals surface area contributed by atoms with Gasteiger partial charge in [0.2, 0.25) is 0 Å². The fourth-order valence-corrected chi connectivity index (χ4v) is 4.23. The van der Waals surface area contributed by atoms with Gasteiger partial charge in [0, 0.05) is 12.1 Å². The minimum atomic E-state index is 0.510. The van der Waals surface area contributed by atoms with Gasteiger partial charge in [-0.15, -0.1) is 0 Å². The maximum atomic E-state index is 10.1. The molecular formula is C18H27NO. The third-order valence-electron chi connectivity index (χ3n) is 5.15. The molecule has 1 saturated heterocycles. The maximum Gasteiger partial charge on any atom is 0.119 e. The van der Waals surface area contributed by atoms with Crippen molar-refractivity contribution in [3.63, 3.8) is 0 Å². The van der Waals surface area contributed by atoms with E-state index in [2.05, 4.69) is 17.9 Å². The van der Waals surface area contributed by atoms with Gasteiger partial charge in [0.15, 0.2) is 0 Å². The molecule has 0 bridgehead atoms. The third-order valence-corrected chi connectivity index (χ3v) is 5.15. The molecule has 0 amide bonds. The van der Waals surface area contributed by atoms with Gasteiger partial charge in [0.05, 0.1) is 0 Å². The number of phenols is 1. The fourth-order valence-electron chi connectivity index (χ4n) is 4.23. The first kappa shape index (κ1) is 13.9. The van der Waals surface area contributed by atoms with Crippen LogP contribution < -0.4 is 0 Å². The zero-order chi connectivity index (χ0) is 13.9. The van der Waals surface area contributed by atoms with Gasteiger partial charge in [0.1, 0.15) is 5.75 Å². The van der Waals surface area contributed by atoms with Crippen molar-refractivity contribution in [2.45, 2.75) is 70.4 Å². The molecule has 2 heteroatoms. The number of likely N-dealkylation sites (tertiary alicyclic amines) is 1. The van der Waals surface area contributed by atoms with Gasteiger partial charge >= 0.3 is 0 Å². The minimum absolute atomic E-state index is 0.510. The van der Waals surface area contributed by atoms with E-state index in [4.69, 9.17) is 0 Å². The molecule has 110 valence electrons. The van der Waals surface area contributed by atoms with Crippen molar-refractivity contribution in [3.8, 4) is 5.75 Å². The van der Waals surface area contributed by atoms with Gasteiger partial charge in [-0.2, -0.15) is 0 Å². The number of hydrogen-bond acceptors (Lipinski definition) is 2. The summed E-state index contributed by atoms with van der Waals surface area (Å²) in [4.78, 5) is 2.75. The summed E-state index contributed by atoms with van der Waals surface area (Å²) < 4.78 is 0. The number of benzene rings is 1. The standard InChI is InChI=1S/C18H27NO/c1-2-7-14-8-3-4-13-19(14)17-11-5-10-16-15(17)9-6-12-18(16)20/h6,9,12,14,17,20H,2-5,7-8,10-11,13H2,1H3. The summed E-state index contributed by atoms with van der Waals surface area (Å²) in [5.74, 6) is 0.510. The molecule has 1 aliphatic heterocycles. The van der Waals surface area contributed by atoms with Gasteiger partial charge < -0.3 is 5.11 Å². The number of aromatic hydroxyl groups is 1. The second kappa shape index (κ2) is 6.17. The van der Waals surface area contributed by atoms with Crippen molar-refractivity contribution >= 4 is 0 Å². The molecule has 1 N–H and O–H groups in total. The van der Waals surface area contributed by atoms with Gasteiger partial charge in [-0.1, -0.05) is 31.9 Å². The van der Waals surface area contributed by atoms with Crippen molar-refractivity contribution in [3.05, 3.63) is 29.3 Å². The number of hydrogen-bond donors (Lipinski definition) is 1. The van der Waals surface area contributed by atoms with Crippen LogP contribution in [0.25, 0.3) is 0 Å². The summed E-state index contributed by atoms with van der Waals surface area (Å²) in [7, 11) is 0. The van der Waals surface area contributed by atoms with Gasteiger partial charge in [-0.25, -0.2) is 0 Å². The minimum Gasteiger partial charge on any atom is -0.508 e. The van der Waals surface area contributed by atoms with Crippen LogP contribution in [-0.4, -0.2) is 22.6 Å². The first-order valence-corrected chi connectivity index (χ1v) is 8.37. The quantitative estimate of drug-likeness (QED) is 0.881. The molecule has 2 nitrogen and oxygen atoms in total. The SMILES string of the molecule is CCCC1CCCCN1C1CCCc2c(O)cccc21. The van der Waals surface area contributed by atoms with Crippen LogP contribution in [0.15, 0.2) is 18.2 Å². The Labute approximate surface area is 122 Å². The van der Waals surface area contributed by atoms with Crippen molar-refractivity contribution in [1.29, 1.82) is 0 Å². The molecule has 3 rings (SSSR count). The van der Waals surface area contributed by atoms with E-state index < -0.39 is 0 Å². The average molecular weight is 273 g/mol. The molecule has 0 spiro atoms. The second-order valence-electron chi connectivity index (χ2n) is 6.43. The Hall–Kier alpha value is -1.02. The molecule has 20 heavy (non-hydrogen) atoms. The predicted molar refractivity (Wildman–Crippen MR) is 83.0 cm³/mol. The van der Waals surface area contributed by atoms with Crippen LogP contribution in [0.5, 0.6) is 5.75 Å². The van der Waals surface area contributed by atoms with E-state index >= 15 is 0 Å². The number of phenolic OH excluding ortho intramolecular Hbond substituents is 1. The van der Waals surface area contributed by atoms with Crippen molar-refractivity contribution in [2.24, 2.45) is 0 Å². The van der Waals surface area contributed by atoms with Crippen molar-refractivity contribution in [1.82, 2.24) is 4.90 Å².